The van der Waals surface area contributed by atoms with Gasteiger partial charge in [-0.3, -0.25) is 14.8 Å². The van der Waals surface area contributed by atoms with Crippen LogP contribution in [-0.2, 0) is 6.18 Å². The maximum absolute atomic E-state index is 14.5. The zero-order chi connectivity index (χ0) is 26.9. The van der Waals surface area contributed by atoms with Crippen LogP contribution in [0.4, 0.5) is 23.2 Å². The fourth-order valence-electron chi connectivity index (χ4n) is 3.64. The number of hydrogen-bond acceptors (Lipinski definition) is 5. The minimum absolute atomic E-state index is 0.138. The molecule has 10 heteroatoms. The molecule has 0 fully saturated rings. The van der Waals surface area contributed by atoms with E-state index >= 15 is 0 Å². The molecule has 0 atom stereocenters. The second-order valence-electron chi connectivity index (χ2n) is 8.37. The summed E-state index contributed by atoms with van der Waals surface area (Å²) in [7, 11) is 0. The maximum Gasteiger partial charge on any atom is 0.416 e. The Hall–Kier alpha value is -4.86. The third-order valence-electron chi connectivity index (χ3n) is 5.59. The Morgan fingerprint density at radius 3 is 2.50 bits per heavy atom. The topological polar surface area (TPSA) is 77.0 Å². The number of amides is 1. The minimum Gasteiger partial charge on any atom is -0.454 e. The van der Waals surface area contributed by atoms with Crippen molar-refractivity contribution >= 4 is 22.6 Å². The molecule has 1 amide bonds. The first kappa shape index (κ1) is 24.8. The number of nitrogens with zero attached hydrogens (tertiary/aromatic N) is 3. The number of alkyl halides is 3. The van der Waals surface area contributed by atoms with Crippen LogP contribution in [0.25, 0.3) is 22.3 Å². The summed E-state index contributed by atoms with van der Waals surface area (Å²) < 4.78 is 59.2. The molecule has 0 saturated carbocycles. The number of ether oxygens (including phenoxy) is 1. The quantitative estimate of drug-likeness (QED) is 0.249. The molecule has 190 valence electrons. The molecule has 3 aromatic carbocycles. The third kappa shape index (κ3) is 5.44. The number of aromatic nitrogens is 3. The Morgan fingerprint density at radius 1 is 0.895 bits per heavy atom. The van der Waals surface area contributed by atoms with Crippen molar-refractivity contribution in [3.05, 3.63) is 108 Å². The van der Waals surface area contributed by atoms with Crippen LogP contribution in [-0.4, -0.2) is 20.9 Å². The van der Waals surface area contributed by atoms with Gasteiger partial charge in [0, 0.05) is 40.8 Å². The summed E-state index contributed by atoms with van der Waals surface area (Å²) in [5.74, 6) is -1.41. The van der Waals surface area contributed by atoms with Gasteiger partial charge >= 0.3 is 6.18 Å². The van der Waals surface area contributed by atoms with Crippen LogP contribution < -0.4 is 10.1 Å². The summed E-state index contributed by atoms with van der Waals surface area (Å²) in [5.41, 5.74) is 2.36. The number of pyridine rings is 1. The molecule has 5 aromatic rings. The largest absolute Gasteiger partial charge is 0.454 e. The summed E-state index contributed by atoms with van der Waals surface area (Å²) >= 11 is 0. The van der Waals surface area contributed by atoms with Crippen LogP contribution in [0, 0.1) is 12.7 Å². The fraction of sp³-hybridized carbons (Fsp3) is 0.0714. The van der Waals surface area contributed by atoms with E-state index in [1.165, 1.54) is 18.2 Å². The number of rotatable bonds is 5. The lowest BCUT2D eigenvalue weighted by Crippen LogP contribution is -2.14. The molecule has 2 aromatic heterocycles. The van der Waals surface area contributed by atoms with Gasteiger partial charge < -0.3 is 10.1 Å². The van der Waals surface area contributed by atoms with E-state index in [2.05, 4.69) is 20.3 Å². The number of nitrogens with one attached hydrogen (secondary N) is 1. The normalized spacial score (nSPS) is 11.4. The van der Waals surface area contributed by atoms with E-state index in [1.54, 1.807) is 30.6 Å². The van der Waals surface area contributed by atoms with Crippen LogP contribution in [0.15, 0.2) is 85.2 Å². The molecule has 0 aliphatic rings. The zero-order valence-corrected chi connectivity index (χ0v) is 19.8. The molecule has 2 heterocycles. The Labute approximate surface area is 214 Å². The molecule has 6 nitrogen and oxygen atoms in total. The van der Waals surface area contributed by atoms with Gasteiger partial charge in [-0.05, 0) is 61.5 Å². The van der Waals surface area contributed by atoms with Gasteiger partial charge in [0.05, 0.1) is 28.5 Å². The Morgan fingerprint density at radius 2 is 1.74 bits per heavy atom. The number of anilines is 1. The van der Waals surface area contributed by atoms with Crippen molar-refractivity contribution in [2.24, 2.45) is 0 Å². The van der Waals surface area contributed by atoms with E-state index in [-0.39, 0.29) is 22.7 Å². The molecular formula is C28H18F4N4O2. The SMILES string of the molecule is Cc1ccc(-c2cnc3ccc(Oc4cc(NC(=O)c5cccc(C(F)(F)F)c5)ccc4F)cc3n2)cn1. The highest BCUT2D eigenvalue weighted by Crippen LogP contribution is 2.31. The average molecular weight is 518 g/mol. The first-order valence-electron chi connectivity index (χ1n) is 11.3. The number of carbonyl (C=O) groups excluding carboxylic acids is 1. The summed E-state index contributed by atoms with van der Waals surface area (Å²) in [6, 6.07) is 16.2. The van der Waals surface area contributed by atoms with Gasteiger partial charge in [0.25, 0.3) is 5.91 Å². The minimum atomic E-state index is -4.59. The summed E-state index contributed by atoms with van der Waals surface area (Å²) in [6.45, 7) is 1.88. The summed E-state index contributed by atoms with van der Waals surface area (Å²) in [4.78, 5) is 25.8. The van der Waals surface area contributed by atoms with E-state index < -0.39 is 23.5 Å². The van der Waals surface area contributed by atoms with Gasteiger partial charge in [0.15, 0.2) is 11.6 Å². The molecule has 38 heavy (non-hydrogen) atoms. The van der Waals surface area contributed by atoms with Crippen LogP contribution in [0.3, 0.4) is 0 Å². The Kier molecular flexibility index (Phi) is 6.46. The predicted octanol–water partition coefficient (Wildman–Crippen LogP) is 7.20. The van der Waals surface area contributed by atoms with Crippen LogP contribution >= 0.6 is 0 Å². The maximum atomic E-state index is 14.5. The van der Waals surface area contributed by atoms with Gasteiger partial charge in [-0.1, -0.05) is 6.07 Å². The van der Waals surface area contributed by atoms with Crippen molar-refractivity contribution in [1.29, 1.82) is 0 Å². The summed E-state index contributed by atoms with van der Waals surface area (Å²) in [6.07, 6.45) is -1.26. The van der Waals surface area contributed by atoms with E-state index in [0.717, 1.165) is 35.5 Å². The van der Waals surface area contributed by atoms with Gasteiger partial charge in [-0.2, -0.15) is 13.2 Å². The number of fused-ring (bicyclic) bond motifs is 1. The molecule has 0 radical (unpaired) electrons. The lowest BCUT2D eigenvalue weighted by atomic mass is 10.1. The highest BCUT2D eigenvalue weighted by molar-refractivity contribution is 6.04. The van der Waals surface area contributed by atoms with Gasteiger partial charge in [0.2, 0.25) is 0 Å². The van der Waals surface area contributed by atoms with Crippen molar-refractivity contribution in [3.63, 3.8) is 0 Å². The van der Waals surface area contributed by atoms with E-state index in [0.29, 0.717) is 16.7 Å². The van der Waals surface area contributed by atoms with E-state index in [9.17, 15) is 22.4 Å². The standard InChI is InChI=1S/C28H18F4N4O2/c1-16-5-6-18(14-33-16)25-15-34-23-10-8-21(13-24(23)36-25)38-26-12-20(7-9-22(26)29)35-27(37)17-3-2-4-19(11-17)28(30,31)32/h2-15H,1H3,(H,35,37). The molecule has 1 N–H and O–H groups in total. The molecule has 0 aliphatic heterocycles. The molecule has 0 unspecified atom stereocenters. The fourth-order valence-corrected chi connectivity index (χ4v) is 3.64. The average Bonchev–Trinajstić information content (AvgIpc) is 2.90. The molecular weight excluding hydrogens is 500 g/mol. The highest BCUT2D eigenvalue weighted by atomic mass is 19.4. The highest BCUT2D eigenvalue weighted by Gasteiger charge is 2.30. The predicted molar refractivity (Wildman–Crippen MR) is 133 cm³/mol. The van der Waals surface area contributed by atoms with E-state index in [4.69, 9.17) is 4.74 Å². The number of benzene rings is 3. The number of hydrogen-bond donors (Lipinski definition) is 1. The van der Waals surface area contributed by atoms with Crippen molar-refractivity contribution in [2.45, 2.75) is 13.1 Å². The van der Waals surface area contributed by atoms with Crippen molar-refractivity contribution in [1.82, 2.24) is 15.0 Å². The third-order valence-corrected chi connectivity index (χ3v) is 5.59. The Balaban J connectivity index is 1.38. The van der Waals surface area contributed by atoms with Crippen LogP contribution in [0.5, 0.6) is 11.5 Å². The van der Waals surface area contributed by atoms with Crippen molar-refractivity contribution in [2.75, 3.05) is 5.32 Å². The lowest BCUT2D eigenvalue weighted by Gasteiger charge is -2.12. The monoisotopic (exact) mass is 518 g/mol. The van der Waals surface area contributed by atoms with Crippen molar-refractivity contribution in [3.8, 4) is 22.8 Å². The number of aryl methyl sites for hydroxylation is 1. The zero-order valence-electron chi connectivity index (χ0n) is 19.8. The number of halogens is 4. The van der Waals surface area contributed by atoms with Gasteiger partial charge in [-0.25, -0.2) is 9.37 Å². The van der Waals surface area contributed by atoms with Gasteiger partial charge in [-0.15, -0.1) is 0 Å². The summed E-state index contributed by atoms with van der Waals surface area (Å²) in [5, 5.41) is 2.47. The van der Waals surface area contributed by atoms with Crippen LogP contribution in [0.2, 0.25) is 0 Å². The molecule has 0 spiro atoms. The van der Waals surface area contributed by atoms with E-state index in [1.807, 2.05) is 19.1 Å². The molecule has 0 bridgehead atoms. The van der Waals surface area contributed by atoms with Crippen molar-refractivity contribution < 1.29 is 27.1 Å². The second-order valence-corrected chi connectivity index (χ2v) is 8.37. The number of carbonyl (C=O) groups is 1. The lowest BCUT2D eigenvalue weighted by molar-refractivity contribution is -0.137. The molecule has 0 saturated heterocycles. The first-order chi connectivity index (χ1) is 18.2. The van der Waals surface area contributed by atoms with Gasteiger partial charge in [0.1, 0.15) is 5.75 Å². The smallest absolute Gasteiger partial charge is 0.416 e. The molecule has 5 rings (SSSR count). The Bertz CT molecular complexity index is 1650. The first-order valence-corrected chi connectivity index (χ1v) is 11.3. The van der Waals surface area contributed by atoms with Crippen LogP contribution in [0.1, 0.15) is 21.6 Å². The molecule has 0 aliphatic carbocycles. The second kappa shape index (κ2) is 9.89.